The summed E-state index contributed by atoms with van der Waals surface area (Å²) in [6.45, 7) is 1.80. The zero-order chi connectivity index (χ0) is 17.6. The van der Waals surface area contributed by atoms with E-state index < -0.39 is 12.2 Å². The number of aliphatic hydroxyl groups excluding tert-OH is 2. The van der Waals surface area contributed by atoms with Gasteiger partial charge >= 0.3 is 0 Å². The van der Waals surface area contributed by atoms with Crippen molar-refractivity contribution in [2.75, 3.05) is 12.4 Å². The molecule has 0 saturated carbocycles. The monoisotopic (exact) mass is 339 g/mol. The molecule has 6 nitrogen and oxygen atoms in total. The molecule has 0 aliphatic carbocycles. The van der Waals surface area contributed by atoms with E-state index in [2.05, 4.69) is 10.3 Å². The van der Waals surface area contributed by atoms with Gasteiger partial charge in [-0.25, -0.2) is 4.98 Å². The van der Waals surface area contributed by atoms with Crippen molar-refractivity contribution in [1.82, 2.24) is 9.38 Å². The molecule has 3 atom stereocenters. The minimum Gasteiger partial charge on any atom is -0.390 e. The molecule has 0 amide bonds. The van der Waals surface area contributed by atoms with Gasteiger partial charge in [-0.05, 0) is 18.6 Å². The number of aliphatic hydroxyl groups is 2. The van der Waals surface area contributed by atoms with Crippen LogP contribution < -0.4 is 5.32 Å². The summed E-state index contributed by atoms with van der Waals surface area (Å²) in [6.07, 6.45) is 0.681. The van der Waals surface area contributed by atoms with Crippen molar-refractivity contribution >= 4 is 11.3 Å². The van der Waals surface area contributed by atoms with Gasteiger partial charge in [0.25, 0.3) is 0 Å². The van der Waals surface area contributed by atoms with Gasteiger partial charge in [-0.15, -0.1) is 0 Å². The predicted octanol–water partition coefficient (Wildman–Crippen LogP) is 2.35. The van der Waals surface area contributed by atoms with E-state index in [0.29, 0.717) is 0 Å². The molecular weight excluding hydrogens is 318 g/mol. The van der Waals surface area contributed by atoms with Crippen molar-refractivity contribution in [2.24, 2.45) is 0 Å². The first kappa shape index (κ1) is 16.1. The number of methoxy groups -OCH3 is 1. The maximum Gasteiger partial charge on any atom is 0.161 e. The normalized spacial score (nSPS) is 22.6. The standard InChI is InChI=1S/C19H21N3O3/c1-11-14(10-23)22-9-8-13-16(19(22)20-11)21-15(17(24)18(13)25-2)12-6-4-3-5-7-12/h3-9,15,17-18,21,23-24H,10H2,1-2H3/t15-,17-,18-/m1/s1. The van der Waals surface area contributed by atoms with Gasteiger partial charge in [0.15, 0.2) is 5.65 Å². The lowest BCUT2D eigenvalue weighted by Gasteiger charge is -2.37. The third-order valence-corrected chi connectivity index (χ3v) is 4.95. The Balaban J connectivity index is 1.91. The summed E-state index contributed by atoms with van der Waals surface area (Å²) >= 11 is 0. The van der Waals surface area contributed by atoms with Crippen molar-refractivity contribution in [3.05, 3.63) is 65.1 Å². The highest BCUT2D eigenvalue weighted by Crippen LogP contribution is 2.42. The molecule has 25 heavy (non-hydrogen) atoms. The van der Waals surface area contributed by atoms with Crippen LogP contribution in [0, 0.1) is 6.92 Å². The fourth-order valence-electron chi connectivity index (χ4n) is 3.67. The van der Waals surface area contributed by atoms with E-state index in [-0.39, 0.29) is 12.6 Å². The van der Waals surface area contributed by atoms with Gasteiger partial charge in [-0.3, -0.25) is 4.40 Å². The van der Waals surface area contributed by atoms with E-state index in [1.54, 1.807) is 7.11 Å². The van der Waals surface area contributed by atoms with Crippen LogP contribution in [0.2, 0.25) is 0 Å². The second-order valence-corrected chi connectivity index (χ2v) is 6.32. The maximum atomic E-state index is 10.9. The number of nitrogens with zero attached hydrogens (tertiary/aromatic N) is 2. The molecule has 4 rings (SSSR count). The zero-order valence-electron chi connectivity index (χ0n) is 14.2. The van der Waals surface area contributed by atoms with E-state index in [9.17, 15) is 10.2 Å². The summed E-state index contributed by atoms with van der Waals surface area (Å²) < 4.78 is 7.50. The fourth-order valence-corrected chi connectivity index (χ4v) is 3.67. The van der Waals surface area contributed by atoms with Gasteiger partial charge < -0.3 is 20.3 Å². The second kappa shape index (κ2) is 6.15. The first-order valence-electron chi connectivity index (χ1n) is 8.29. The van der Waals surface area contributed by atoms with Crippen molar-refractivity contribution in [3.8, 4) is 0 Å². The van der Waals surface area contributed by atoms with Crippen LogP contribution in [-0.2, 0) is 11.3 Å². The Hall–Kier alpha value is -2.41. The number of hydrogen-bond donors (Lipinski definition) is 3. The number of benzene rings is 1. The molecule has 130 valence electrons. The molecule has 0 radical (unpaired) electrons. The van der Waals surface area contributed by atoms with Gasteiger partial charge in [0, 0.05) is 18.9 Å². The SMILES string of the molecule is CO[C@@H]1c2ccn3c(CO)c(C)nc3c2N[C@H](c2ccccc2)[C@H]1O. The molecule has 3 heterocycles. The number of imidazole rings is 1. The maximum absolute atomic E-state index is 10.9. The number of nitrogens with one attached hydrogen (secondary N) is 1. The molecule has 1 aliphatic rings. The Morgan fingerprint density at radius 3 is 2.68 bits per heavy atom. The average Bonchev–Trinajstić information content (AvgIpc) is 2.97. The van der Waals surface area contributed by atoms with E-state index in [1.807, 2.05) is 53.9 Å². The van der Waals surface area contributed by atoms with E-state index >= 15 is 0 Å². The first-order chi connectivity index (χ1) is 12.2. The van der Waals surface area contributed by atoms with Crippen LogP contribution in [0.15, 0.2) is 42.6 Å². The highest BCUT2D eigenvalue weighted by atomic mass is 16.5. The van der Waals surface area contributed by atoms with Crippen molar-refractivity contribution in [1.29, 1.82) is 0 Å². The second-order valence-electron chi connectivity index (χ2n) is 6.32. The van der Waals surface area contributed by atoms with E-state index in [0.717, 1.165) is 33.8 Å². The van der Waals surface area contributed by atoms with Crippen LogP contribution in [0.3, 0.4) is 0 Å². The molecule has 0 saturated heterocycles. The van der Waals surface area contributed by atoms with Gasteiger partial charge in [0.1, 0.15) is 12.2 Å². The van der Waals surface area contributed by atoms with E-state index in [4.69, 9.17) is 4.74 Å². The Bertz CT molecular complexity index is 907. The van der Waals surface area contributed by atoms with Crippen LogP contribution in [0.25, 0.3) is 5.65 Å². The van der Waals surface area contributed by atoms with Gasteiger partial charge in [0.05, 0.1) is 29.7 Å². The highest BCUT2D eigenvalue weighted by molar-refractivity contribution is 5.75. The predicted molar refractivity (Wildman–Crippen MR) is 94.4 cm³/mol. The van der Waals surface area contributed by atoms with Crippen LogP contribution in [0.5, 0.6) is 0 Å². The number of aromatic nitrogens is 2. The molecule has 0 bridgehead atoms. The van der Waals surface area contributed by atoms with Crippen LogP contribution in [0.4, 0.5) is 5.69 Å². The number of aryl methyl sites for hydroxylation is 1. The third kappa shape index (κ3) is 2.41. The molecule has 3 aromatic rings. The van der Waals surface area contributed by atoms with Crippen LogP contribution >= 0.6 is 0 Å². The molecule has 0 unspecified atom stereocenters. The quantitative estimate of drug-likeness (QED) is 0.683. The number of fused-ring (bicyclic) bond motifs is 3. The summed E-state index contributed by atoms with van der Waals surface area (Å²) in [5.41, 5.74) is 4.95. The van der Waals surface area contributed by atoms with Gasteiger partial charge in [0.2, 0.25) is 0 Å². The molecular formula is C19H21N3O3. The number of hydrogen-bond acceptors (Lipinski definition) is 5. The van der Waals surface area contributed by atoms with Crippen molar-refractivity contribution < 1.29 is 14.9 Å². The minimum absolute atomic E-state index is 0.0791. The molecule has 0 fully saturated rings. The number of ether oxygens (including phenoxy) is 1. The van der Waals surface area contributed by atoms with Crippen LogP contribution in [0.1, 0.15) is 34.7 Å². The number of pyridine rings is 1. The molecule has 0 spiro atoms. The molecule has 1 aromatic carbocycles. The molecule has 1 aliphatic heterocycles. The summed E-state index contributed by atoms with van der Waals surface area (Å²) in [5.74, 6) is 0. The summed E-state index contributed by atoms with van der Waals surface area (Å²) in [4.78, 5) is 4.62. The zero-order valence-corrected chi connectivity index (χ0v) is 14.2. The number of rotatable bonds is 3. The van der Waals surface area contributed by atoms with E-state index in [1.165, 1.54) is 0 Å². The summed E-state index contributed by atoms with van der Waals surface area (Å²) in [6, 6.07) is 11.4. The lowest BCUT2D eigenvalue weighted by atomic mass is 9.89. The highest BCUT2D eigenvalue weighted by Gasteiger charge is 2.38. The van der Waals surface area contributed by atoms with Gasteiger partial charge in [-0.1, -0.05) is 30.3 Å². The Labute approximate surface area is 145 Å². The smallest absolute Gasteiger partial charge is 0.161 e. The Morgan fingerprint density at radius 1 is 1.24 bits per heavy atom. The molecule has 6 heteroatoms. The Morgan fingerprint density at radius 2 is 2.00 bits per heavy atom. The average molecular weight is 339 g/mol. The van der Waals surface area contributed by atoms with Crippen molar-refractivity contribution in [3.63, 3.8) is 0 Å². The summed E-state index contributed by atoms with van der Waals surface area (Å²) in [5, 5.41) is 23.9. The largest absolute Gasteiger partial charge is 0.390 e. The lowest BCUT2D eigenvalue weighted by Crippen LogP contribution is -2.37. The summed E-state index contributed by atoms with van der Waals surface area (Å²) in [7, 11) is 1.60. The topological polar surface area (TPSA) is 79.0 Å². The molecule has 3 N–H and O–H groups in total. The van der Waals surface area contributed by atoms with Gasteiger partial charge in [-0.2, -0.15) is 0 Å². The third-order valence-electron chi connectivity index (χ3n) is 4.95. The fraction of sp³-hybridized carbons (Fsp3) is 0.316. The first-order valence-corrected chi connectivity index (χ1v) is 8.29. The minimum atomic E-state index is -0.726. The number of anilines is 1. The van der Waals surface area contributed by atoms with Crippen molar-refractivity contribution in [2.45, 2.75) is 31.8 Å². The van der Waals surface area contributed by atoms with Crippen LogP contribution in [-0.4, -0.2) is 32.8 Å². The molecule has 2 aromatic heterocycles. The Kier molecular flexibility index (Phi) is 3.95. The lowest BCUT2D eigenvalue weighted by molar-refractivity contribution is -0.0268.